The molecule has 0 amide bonds. The monoisotopic (exact) mass is 526 g/mol. The second-order valence-corrected chi connectivity index (χ2v) is 11.2. The number of nitrogens with zero attached hydrogens (tertiary/aromatic N) is 2. The fourth-order valence-corrected chi connectivity index (χ4v) is 6.44. The lowest BCUT2D eigenvalue weighted by Crippen LogP contribution is -2.31. The van der Waals surface area contributed by atoms with Crippen molar-refractivity contribution in [1.29, 1.82) is 5.26 Å². The van der Waals surface area contributed by atoms with Gasteiger partial charge in [-0.2, -0.15) is 9.83 Å². The van der Waals surface area contributed by atoms with Gasteiger partial charge < -0.3 is 4.42 Å². The molecule has 40 heavy (non-hydrogen) atoms. The first-order chi connectivity index (χ1) is 20.4. The van der Waals surface area contributed by atoms with Crippen molar-refractivity contribution < 1.29 is 17.5 Å². The zero-order valence-corrected chi connectivity index (χ0v) is 22.7. The van der Waals surface area contributed by atoms with Crippen LogP contribution in [-0.4, -0.2) is 0 Å². The average Bonchev–Trinajstić information content (AvgIpc) is 3.44. The molecule has 0 atom stereocenters. The highest BCUT2D eigenvalue weighted by atomic mass is 19.1. The van der Waals surface area contributed by atoms with E-state index in [1.807, 2.05) is 37.3 Å². The topological polar surface area (TPSA) is 40.8 Å². The van der Waals surface area contributed by atoms with Crippen LogP contribution in [0.1, 0.15) is 45.8 Å². The normalized spacial score (nSPS) is 14.8. The Morgan fingerprint density at radius 2 is 1.60 bits per heavy atom. The summed E-state index contributed by atoms with van der Waals surface area (Å²) in [6.07, 6.45) is 1.20. The van der Waals surface area contributed by atoms with Gasteiger partial charge in [0.15, 0.2) is 5.82 Å². The van der Waals surface area contributed by atoms with Crippen LogP contribution in [0, 0.1) is 30.9 Å². The van der Waals surface area contributed by atoms with E-state index in [4.69, 9.17) is 8.53 Å². The minimum atomic E-state index is -2.61. The molecule has 0 saturated carbocycles. The highest BCUT2D eigenvalue weighted by Crippen LogP contribution is 2.50. The van der Waals surface area contributed by atoms with Crippen molar-refractivity contribution in [3.05, 3.63) is 113 Å². The number of hydrogen-bond acceptors (Lipinski definition) is 2. The standard InChI is InChI=1S/C36H28FN2O/c1-20-10-13-25-26-14-11-23(18-38)33(35(26)40-34(25)32(20)31-16-21(2)30(37)19-39(31)5)22-12-15-29-27(17-22)24-8-6-7-9-28(24)36(29,3)4/h6-17,19H,1-5H3/q+1/i2D3. The number of aromatic nitrogens is 1. The van der Waals surface area contributed by atoms with Crippen LogP contribution in [0.3, 0.4) is 0 Å². The molecule has 194 valence electrons. The molecule has 0 spiro atoms. The number of aryl methyl sites for hydroxylation is 3. The van der Waals surface area contributed by atoms with Crippen LogP contribution in [0.15, 0.2) is 83.4 Å². The Morgan fingerprint density at radius 1 is 0.875 bits per heavy atom. The van der Waals surface area contributed by atoms with Gasteiger partial charge in [-0.3, -0.25) is 0 Å². The van der Waals surface area contributed by atoms with E-state index in [1.54, 1.807) is 11.6 Å². The summed E-state index contributed by atoms with van der Waals surface area (Å²) in [5, 5.41) is 11.9. The summed E-state index contributed by atoms with van der Waals surface area (Å²) in [6.45, 7) is 3.77. The van der Waals surface area contributed by atoms with Crippen LogP contribution >= 0.6 is 0 Å². The molecule has 0 saturated heterocycles. The molecule has 1 aliphatic rings. The van der Waals surface area contributed by atoms with E-state index < -0.39 is 12.7 Å². The third-order valence-electron chi connectivity index (χ3n) is 8.49. The molecule has 3 nitrogen and oxygen atoms in total. The molecular weight excluding hydrogens is 495 g/mol. The predicted molar refractivity (Wildman–Crippen MR) is 157 cm³/mol. The predicted octanol–water partition coefficient (Wildman–Crippen LogP) is 8.68. The summed E-state index contributed by atoms with van der Waals surface area (Å²) >= 11 is 0. The summed E-state index contributed by atoms with van der Waals surface area (Å²) in [4.78, 5) is 0. The Hall–Kier alpha value is -4.75. The van der Waals surface area contributed by atoms with E-state index in [0.717, 1.165) is 27.5 Å². The lowest BCUT2D eigenvalue weighted by Gasteiger charge is -2.21. The van der Waals surface area contributed by atoms with E-state index in [0.29, 0.717) is 33.6 Å². The minimum absolute atomic E-state index is 0.140. The lowest BCUT2D eigenvalue weighted by molar-refractivity contribution is -0.662. The maximum atomic E-state index is 14.7. The van der Waals surface area contributed by atoms with Gasteiger partial charge in [0, 0.05) is 31.9 Å². The molecule has 0 aliphatic heterocycles. The lowest BCUT2D eigenvalue weighted by atomic mass is 9.82. The number of furan rings is 1. The van der Waals surface area contributed by atoms with Crippen LogP contribution in [-0.2, 0) is 12.5 Å². The van der Waals surface area contributed by atoms with Gasteiger partial charge in [-0.15, -0.1) is 0 Å². The molecule has 0 radical (unpaired) electrons. The Morgan fingerprint density at radius 3 is 2.38 bits per heavy atom. The molecule has 0 unspecified atom stereocenters. The molecule has 2 aromatic heterocycles. The zero-order chi connectivity index (χ0) is 30.4. The van der Waals surface area contributed by atoms with Gasteiger partial charge in [0.05, 0.1) is 17.2 Å². The first kappa shape index (κ1) is 21.1. The van der Waals surface area contributed by atoms with Gasteiger partial charge in [0.1, 0.15) is 18.2 Å². The van der Waals surface area contributed by atoms with Crippen molar-refractivity contribution >= 4 is 21.9 Å². The van der Waals surface area contributed by atoms with E-state index in [-0.39, 0.29) is 11.0 Å². The van der Waals surface area contributed by atoms with Crippen molar-refractivity contribution in [3.8, 4) is 39.6 Å². The molecule has 0 bridgehead atoms. The van der Waals surface area contributed by atoms with Gasteiger partial charge in [-0.25, -0.2) is 4.39 Å². The molecule has 4 aromatic carbocycles. The third-order valence-corrected chi connectivity index (χ3v) is 8.49. The van der Waals surface area contributed by atoms with Gasteiger partial charge in [0.2, 0.25) is 11.9 Å². The number of pyridine rings is 1. The van der Waals surface area contributed by atoms with Crippen LogP contribution in [0.25, 0.3) is 55.4 Å². The summed E-state index contributed by atoms with van der Waals surface area (Å²) in [5.41, 5.74) is 9.60. The molecule has 2 heterocycles. The fraction of sp³-hybridized carbons (Fsp3) is 0.167. The summed E-state index contributed by atoms with van der Waals surface area (Å²) in [5.74, 6) is -0.789. The summed E-state index contributed by atoms with van der Waals surface area (Å²) in [7, 11) is 1.69. The van der Waals surface area contributed by atoms with Gasteiger partial charge >= 0.3 is 0 Å². The second-order valence-electron chi connectivity index (χ2n) is 11.2. The molecule has 0 fully saturated rings. The number of nitriles is 1. The first-order valence-electron chi connectivity index (χ1n) is 14.8. The van der Waals surface area contributed by atoms with Gasteiger partial charge in [-0.1, -0.05) is 62.4 Å². The Balaban J connectivity index is 1.52. The molecular formula is C36H28FN2O+. The maximum absolute atomic E-state index is 14.7. The first-order valence-corrected chi connectivity index (χ1v) is 13.3. The Kier molecular flexibility index (Phi) is 4.42. The molecule has 7 rings (SSSR count). The summed E-state index contributed by atoms with van der Waals surface area (Å²) < 4.78 is 46.6. The SMILES string of the molecule is [2H]C([2H])([2H])c1cc(-c2c(C)ccc3c2oc2c(-c4ccc5c(c4)-c4ccccc4C5(C)C)c(C#N)ccc23)[n+](C)cc1F. The van der Waals surface area contributed by atoms with Crippen molar-refractivity contribution in [1.82, 2.24) is 0 Å². The maximum Gasteiger partial charge on any atom is 0.216 e. The van der Waals surface area contributed by atoms with Crippen LogP contribution in [0.2, 0.25) is 0 Å². The number of rotatable bonds is 2. The zero-order valence-electron chi connectivity index (χ0n) is 25.7. The van der Waals surface area contributed by atoms with Gasteiger partial charge in [0.25, 0.3) is 0 Å². The van der Waals surface area contributed by atoms with Crippen molar-refractivity contribution in [2.45, 2.75) is 33.0 Å². The smallest absolute Gasteiger partial charge is 0.216 e. The number of fused-ring (bicyclic) bond motifs is 6. The Bertz CT molecular complexity index is 2200. The largest absolute Gasteiger partial charge is 0.454 e. The minimum Gasteiger partial charge on any atom is -0.454 e. The van der Waals surface area contributed by atoms with Crippen molar-refractivity contribution in [2.24, 2.45) is 7.05 Å². The average molecular weight is 527 g/mol. The molecule has 1 aliphatic carbocycles. The quantitative estimate of drug-likeness (QED) is 0.212. The van der Waals surface area contributed by atoms with Crippen LogP contribution in [0.5, 0.6) is 0 Å². The van der Waals surface area contributed by atoms with Crippen LogP contribution in [0.4, 0.5) is 4.39 Å². The number of benzene rings is 4. The van der Waals surface area contributed by atoms with E-state index in [9.17, 15) is 9.65 Å². The molecule has 0 N–H and O–H groups in total. The van der Waals surface area contributed by atoms with Crippen LogP contribution < -0.4 is 4.57 Å². The van der Waals surface area contributed by atoms with E-state index in [1.165, 1.54) is 29.0 Å². The van der Waals surface area contributed by atoms with E-state index in [2.05, 4.69) is 56.3 Å². The fourth-order valence-electron chi connectivity index (χ4n) is 6.44. The third kappa shape index (κ3) is 3.24. The summed E-state index contributed by atoms with van der Waals surface area (Å²) in [6, 6.07) is 26.2. The second kappa shape index (κ2) is 8.37. The highest BCUT2D eigenvalue weighted by Gasteiger charge is 2.35. The number of hydrogen-bond donors (Lipinski definition) is 0. The van der Waals surface area contributed by atoms with Crippen molar-refractivity contribution in [2.75, 3.05) is 0 Å². The molecule has 4 heteroatoms. The van der Waals surface area contributed by atoms with E-state index >= 15 is 0 Å². The molecule has 6 aromatic rings. The van der Waals surface area contributed by atoms with Crippen molar-refractivity contribution in [3.63, 3.8) is 0 Å². The van der Waals surface area contributed by atoms with Gasteiger partial charge in [-0.05, 0) is 70.9 Å². The highest BCUT2D eigenvalue weighted by molar-refractivity contribution is 6.14. The Labute approximate surface area is 237 Å². The number of halogens is 1.